The number of phenols is 1. The average Bonchev–Trinajstić information content (AvgIpc) is 2.96. The van der Waals surface area contributed by atoms with E-state index in [-0.39, 0.29) is 23.2 Å². The first-order chi connectivity index (χ1) is 19.6. The average molecular weight is 563 g/mol. The lowest BCUT2D eigenvalue weighted by Gasteiger charge is -2.37. The van der Waals surface area contributed by atoms with Crippen LogP contribution in [0, 0.1) is 18.6 Å². The molecule has 0 radical (unpaired) electrons. The number of amides is 2. The number of amidine groups is 1. The van der Waals surface area contributed by atoms with E-state index < -0.39 is 28.6 Å². The molecule has 41 heavy (non-hydrogen) atoms. The van der Waals surface area contributed by atoms with E-state index in [0.29, 0.717) is 49.8 Å². The second-order valence-electron chi connectivity index (χ2n) is 9.88. The number of phenolic OH excluding ortho intramolecular Hbond substituents is 1. The quantitative estimate of drug-likeness (QED) is 0.196. The van der Waals surface area contributed by atoms with Crippen LogP contribution in [0.3, 0.4) is 0 Å². The number of aromatic hydroxyl groups is 1. The number of carbonyl (C=O) groups is 2. The van der Waals surface area contributed by atoms with Crippen molar-refractivity contribution in [3.8, 4) is 17.0 Å². The predicted molar refractivity (Wildman–Crippen MR) is 153 cm³/mol. The molecule has 0 unspecified atom stereocenters. The summed E-state index contributed by atoms with van der Waals surface area (Å²) in [5.41, 5.74) is 1.07. The largest absolute Gasteiger partial charge is 0.507 e. The van der Waals surface area contributed by atoms with Crippen LogP contribution in [0.25, 0.3) is 11.3 Å². The summed E-state index contributed by atoms with van der Waals surface area (Å²) in [6.45, 7) is 10.7. The number of pyridine rings is 2. The summed E-state index contributed by atoms with van der Waals surface area (Å²) >= 11 is 0. The fraction of sp³-hybridized carbons (Fsp3) is 0.300. The Kier molecular flexibility index (Phi) is 8.75. The van der Waals surface area contributed by atoms with E-state index >= 15 is 4.39 Å². The summed E-state index contributed by atoms with van der Waals surface area (Å²) in [5.74, 6) is -2.24. The third kappa shape index (κ3) is 5.65. The minimum atomic E-state index is -0.913. The van der Waals surface area contributed by atoms with Crippen molar-refractivity contribution in [2.45, 2.75) is 26.7 Å². The van der Waals surface area contributed by atoms with E-state index in [1.54, 1.807) is 17.2 Å². The third-order valence-corrected chi connectivity index (χ3v) is 6.98. The summed E-state index contributed by atoms with van der Waals surface area (Å²) in [7, 11) is 1.54. The topological polar surface area (TPSA) is 102 Å². The maximum Gasteiger partial charge on any atom is 0.246 e. The van der Waals surface area contributed by atoms with Crippen molar-refractivity contribution in [3.05, 3.63) is 77.6 Å². The summed E-state index contributed by atoms with van der Waals surface area (Å²) < 4.78 is 30.7. The van der Waals surface area contributed by atoms with Crippen LogP contribution >= 0.6 is 0 Å². The second-order valence-corrected chi connectivity index (χ2v) is 9.88. The molecule has 11 heteroatoms. The summed E-state index contributed by atoms with van der Waals surface area (Å²) in [6.07, 6.45) is 3.45. The molecule has 1 aliphatic rings. The molecule has 4 rings (SSSR count). The van der Waals surface area contributed by atoms with Crippen LogP contribution in [0.4, 0.5) is 20.3 Å². The van der Waals surface area contributed by atoms with Crippen molar-refractivity contribution < 1.29 is 23.5 Å². The van der Waals surface area contributed by atoms with Gasteiger partial charge in [-0.05, 0) is 48.7 Å². The second kappa shape index (κ2) is 12.2. The van der Waals surface area contributed by atoms with Crippen molar-refractivity contribution >= 4 is 29.7 Å². The summed E-state index contributed by atoms with van der Waals surface area (Å²) in [5, 5.41) is 10.4. The Morgan fingerprint density at radius 1 is 1.15 bits per heavy atom. The number of aryl methyl sites for hydroxylation is 1. The molecule has 0 spiro atoms. The molecular weight excluding hydrogens is 530 g/mol. The number of nitrogens with zero attached hydrogens (tertiary/aromatic N) is 6. The Balaban J connectivity index is 1.95. The van der Waals surface area contributed by atoms with E-state index in [1.807, 2.05) is 25.7 Å². The molecule has 9 nitrogen and oxygen atoms in total. The number of hydrogen-bond donors (Lipinski definition) is 1. The zero-order valence-corrected chi connectivity index (χ0v) is 23.4. The molecule has 1 fully saturated rings. The Hall–Kier alpha value is -4.67. The van der Waals surface area contributed by atoms with Crippen molar-refractivity contribution in [3.63, 3.8) is 0 Å². The maximum absolute atomic E-state index is 15.8. The lowest BCUT2D eigenvalue weighted by atomic mass is 10.0. The Bertz CT molecular complexity index is 1500. The molecule has 0 bridgehead atoms. The lowest BCUT2D eigenvalue weighted by Crippen LogP contribution is -2.50. The highest BCUT2D eigenvalue weighted by molar-refractivity contribution is 6.06. The molecule has 0 saturated carbocycles. The molecule has 1 aliphatic heterocycles. The van der Waals surface area contributed by atoms with Gasteiger partial charge in [0, 0.05) is 39.4 Å². The van der Waals surface area contributed by atoms with Gasteiger partial charge in [-0.15, -0.1) is 0 Å². The van der Waals surface area contributed by atoms with Gasteiger partial charge in [0.25, 0.3) is 0 Å². The molecule has 1 aromatic carbocycles. The molecule has 3 aromatic rings. The maximum atomic E-state index is 15.8. The SMILES string of the molecule is C=CC(=O)N1CCN(C(=NC)c2cc(F)c(-c3c(O)cccc3F)nc2N(C=O)c2c(C)ccnc2C(C)C)CC1. The molecule has 0 atom stereocenters. The van der Waals surface area contributed by atoms with Crippen LogP contribution in [0.2, 0.25) is 0 Å². The minimum Gasteiger partial charge on any atom is -0.507 e. The first kappa shape index (κ1) is 29.3. The fourth-order valence-electron chi connectivity index (χ4n) is 4.97. The van der Waals surface area contributed by atoms with Crippen molar-refractivity contribution in [1.29, 1.82) is 0 Å². The van der Waals surface area contributed by atoms with E-state index in [1.165, 1.54) is 30.2 Å². The number of benzene rings is 1. The fourth-order valence-corrected chi connectivity index (χ4v) is 4.97. The van der Waals surface area contributed by atoms with Gasteiger partial charge in [0.1, 0.15) is 23.1 Å². The highest BCUT2D eigenvalue weighted by Crippen LogP contribution is 2.39. The molecule has 2 amide bonds. The van der Waals surface area contributed by atoms with Gasteiger partial charge in [-0.1, -0.05) is 26.5 Å². The number of anilines is 2. The highest BCUT2D eigenvalue weighted by atomic mass is 19.1. The number of aliphatic imine (C=N–C) groups is 1. The van der Waals surface area contributed by atoms with E-state index in [4.69, 9.17) is 0 Å². The smallest absolute Gasteiger partial charge is 0.246 e. The van der Waals surface area contributed by atoms with Gasteiger partial charge in [-0.25, -0.2) is 13.8 Å². The molecule has 0 aliphatic carbocycles. The van der Waals surface area contributed by atoms with Gasteiger partial charge >= 0.3 is 0 Å². The predicted octanol–water partition coefficient (Wildman–Crippen LogP) is 4.56. The van der Waals surface area contributed by atoms with Gasteiger partial charge in [0.2, 0.25) is 12.3 Å². The van der Waals surface area contributed by atoms with Crippen LogP contribution in [0.5, 0.6) is 5.75 Å². The molecule has 2 aromatic heterocycles. The molecule has 3 heterocycles. The third-order valence-electron chi connectivity index (χ3n) is 6.98. The number of piperazine rings is 1. The zero-order chi connectivity index (χ0) is 29.8. The van der Waals surface area contributed by atoms with Crippen LogP contribution in [0.15, 0.2) is 54.2 Å². The first-order valence-electron chi connectivity index (χ1n) is 13.1. The summed E-state index contributed by atoms with van der Waals surface area (Å²) in [4.78, 5) is 43.1. The Morgan fingerprint density at radius 3 is 2.41 bits per heavy atom. The van der Waals surface area contributed by atoms with E-state index in [0.717, 1.165) is 17.7 Å². The number of carbonyl (C=O) groups excluding carboxylic acids is 2. The standard InChI is InChI=1S/C30H32F2N6O3/c1-6-24(41)36-12-14-37(15-13-36)29(33-5)20-16-22(32)27(25-21(31)8-7-9-23(25)40)35-30(20)38(17-39)28-19(4)10-11-34-26(28)18(2)3/h6-11,16-18,40H,1,12-15H2,2-5H3. The number of rotatable bonds is 7. The highest BCUT2D eigenvalue weighted by Gasteiger charge is 2.30. The van der Waals surface area contributed by atoms with E-state index in [9.17, 15) is 19.1 Å². The lowest BCUT2D eigenvalue weighted by molar-refractivity contribution is -0.127. The Labute approximate surface area is 237 Å². The molecule has 1 saturated heterocycles. The molecule has 1 N–H and O–H groups in total. The molecular formula is C30H32F2N6O3. The summed E-state index contributed by atoms with van der Waals surface area (Å²) in [6, 6.07) is 6.51. The number of hydrogen-bond acceptors (Lipinski definition) is 6. The van der Waals surface area contributed by atoms with Gasteiger partial charge in [0.15, 0.2) is 11.6 Å². The monoisotopic (exact) mass is 562 g/mol. The van der Waals surface area contributed by atoms with Gasteiger partial charge in [-0.2, -0.15) is 0 Å². The van der Waals surface area contributed by atoms with Crippen molar-refractivity contribution in [2.75, 3.05) is 38.1 Å². The van der Waals surface area contributed by atoms with Gasteiger partial charge in [-0.3, -0.25) is 24.5 Å². The number of aromatic nitrogens is 2. The van der Waals surface area contributed by atoms with Gasteiger partial charge in [0.05, 0.1) is 22.5 Å². The zero-order valence-electron chi connectivity index (χ0n) is 23.4. The Morgan fingerprint density at radius 2 is 1.83 bits per heavy atom. The first-order valence-corrected chi connectivity index (χ1v) is 13.1. The van der Waals surface area contributed by atoms with Crippen LogP contribution in [-0.4, -0.2) is 76.3 Å². The van der Waals surface area contributed by atoms with Crippen LogP contribution in [0.1, 0.15) is 36.6 Å². The van der Waals surface area contributed by atoms with E-state index in [2.05, 4.69) is 21.5 Å². The van der Waals surface area contributed by atoms with Crippen LogP contribution < -0.4 is 4.90 Å². The minimum absolute atomic E-state index is 0.0118. The van der Waals surface area contributed by atoms with Gasteiger partial charge < -0.3 is 14.9 Å². The molecule has 214 valence electrons. The normalized spacial score (nSPS) is 13.9. The van der Waals surface area contributed by atoms with Crippen molar-refractivity contribution in [2.24, 2.45) is 4.99 Å². The van der Waals surface area contributed by atoms with Crippen LogP contribution in [-0.2, 0) is 9.59 Å². The van der Waals surface area contributed by atoms with Crippen molar-refractivity contribution in [1.82, 2.24) is 19.8 Å². The number of halogens is 2.